The average Bonchev–Trinajstić information content (AvgIpc) is 3.57. The van der Waals surface area contributed by atoms with Gasteiger partial charge >= 0.3 is 5.76 Å². The van der Waals surface area contributed by atoms with Crippen molar-refractivity contribution in [1.29, 1.82) is 0 Å². The third kappa shape index (κ3) is 5.76. The number of hydrogen-bond acceptors (Lipinski definition) is 9. The highest BCUT2D eigenvalue weighted by molar-refractivity contribution is 6.30. The summed E-state index contributed by atoms with van der Waals surface area (Å²) in [7, 11) is 3.90. The Morgan fingerprint density at radius 1 is 1.17 bits per heavy atom. The van der Waals surface area contributed by atoms with Crippen LogP contribution in [0.15, 0.2) is 27.6 Å². The highest BCUT2D eigenvalue weighted by Crippen LogP contribution is 2.39. The molecular weight excluding hydrogens is 556 g/mol. The van der Waals surface area contributed by atoms with Crippen molar-refractivity contribution in [2.45, 2.75) is 65.0 Å². The Bertz CT molecular complexity index is 1600. The van der Waals surface area contributed by atoms with Crippen LogP contribution in [0.3, 0.4) is 0 Å². The van der Waals surface area contributed by atoms with Crippen LogP contribution >= 0.6 is 11.6 Å². The molecule has 224 valence electrons. The number of aromatic nitrogens is 6. The number of imidazole rings is 1. The van der Waals surface area contributed by atoms with Crippen molar-refractivity contribution >= 4 is 34.4 Å². The molecule has 6 rings (SSSR count). The first kappa shape index (κ1) is 28.7. The van der Waals surface area contributed by atoms with E-state index in [1.54, 1.807) is 6.20 Å². The van der Waals surface area contributed by atoms with Gasteiger partial charge in [0.05, 0.1) is 28.8 Å². The molecule has 12 heteroatoms. The number of ether oxygens (including phenoxy) is 1. The largest absolute Gasteiger partial charge is 0.439 e. The lowest BCUT2D eigenvalue weighted by molar-refractivity contribution is 0.0340. The van der Waals surface area contributed by atoms with Gasteiger partial charge in [0.15, 0.2) is 0 Å². The number of rotatable bonds is 8. The minimum atomic E-state index is -0.639. The van der Waals surface area contributed by atoms with E-state index >= 15 is 0 Å². The molecule has 5 heterocycles. The fraction of sp³-hybridized carbons (Fsp3) is 0.567. The third-order valence-corrected chi connectivity index (χ3v) is 8.71. The zero-order chi connectivity index (χ0) is 29.4. The molecule has 0 aromatic carbocycles. The van der Waals surface area contributed by atoms with Gasteiger partial charge in [-0.2, -0.15) is 0 Å². The van der Waals surface area contributed by atoms with Crippen molar-refractivity contribution in [3.8, 4) is 22.8 Å². The highest BCUT2D eigenvalue weighted by atomic mass is 35.5. The van der Waals surface area contributed by atoms with Gasteiger partial charge in [-0.25, -0.2) is 19.7 Å². The quantitative estimate of drug-likeness (QED) is 0.286. The number of H-pyrrole nitrogens is 1. The zero-order valence-electron chi connectivity index (χ0n) is 24.8. The molecule has 4 aromatic heterocycles. The predicted molar refractivity (Wildman–Crippen MR) is 164 cm³/mol. The van der Waals surface area contributed by atoms with Crippen LogP contribution in [0.1, 0.15) is 52.4 Å². The fourth-order valence-electron chi connectivity index (χ4n) is 6.34. The Balaban J connectivity index is 1.59. The Labute approximate surface area is 250 Å². The number of halogens is 1. The van der Waals surface area contributed by atoms with Crippen LogP contribution in [0.2, 0.25) is 5.02 Å². The van der Waals surface area contributed by atoms with E-state index < -0.39 is 5.76 Å². The van der Waals surface area contributed by atoms with E-state index in [0.717, 1.165) is 66.8 Å². The first-order valence-corrected chi connectivity index (χ1v) is 15.4. The number of nitrogens with one attached hydrogen (secondary N) is 1. The van der Waals surface area contributed by atoms with Crippen molar-refractivity contribution in [2.75, 3.05) is 43.6 Å². The van der Waals surface area contributed by atoms with Crippen molar-refractivity contribution in [3.63, 3.8) is 0 Å². The van der Waals surface area contributed by atoms with E-state index in [-0.39, 0.29) is 11.9 Å². The van der Waals surface area contributed by atoms with Crippen LogP contribution in [0.4, 0.5) is 11.8 Å². The molecule has 4 aromatic rings. The van der Waals surface area contributed by atoms with Gasteiger partial charge < -0.3 is 19.1 Å². The summed E-state index contributed by atoms with van der Waals surface area (Å²) in [5.41, 5.74) is 3.61. The molecule has 1 aliphatic heterocycles. The third-order valence-electron chi connectivity index (χ3n) is 8.51. The van der Waals surface area contributed by atoms with Gasteiger partial charge in [0.25, 0.3) is 0 Å². The Morgan fingerprint density at radius 2 is 1.98 bits per heavy atom. The summed E-state index contributed by atoms with van der Waals surface area (Å²) in [6.45, 7) is 7.59. The summed E-state index contributed by atoms with van der Waals surface area (Å²) in [5, 5.41) is 4.44. The second-order valence-corrected chi connectivity index (χ2v) is 12.4. The van der Waals surface area contributed by atoms with Gasteiger partial charge in [0.1, 0.15) is 17.2 Å². The maximum absolute atomic E-state index is 11.9. The lowest BCUT2D eigenvalue weighted by Crippen LogP contribution is -2.43. The molecule has 1 atom stereocenters. The summed E-state index contributed by atoms with van der Waals surface area (Å²) in [5.74, 6) is 2.56. The van der Waals surface area contributed by atoms with Crippen LogP contribution in [-0.2, 0) is 11.3 Å². The second kappa shape index (κ2) is 12.0. The molecule has 2 aliphatic rings. The lowest BCUT2D eigenvalue weighted by Gasteiger charge is -2.35. The van der Waals surface area contributed by atoms with Crippen molar-refractivity contribution < 1.29 is 9.26 Å². The molecule has 1 unspecified atom stereocenters. The van der Waals surface area contributed by atoms with E-state index in [9.17, 15) is 4.79 Å². The first-order valence-electron chi connectivity index (χ1n) is 15.0. The number of hydrogen-bond donors (Lipinski definition) is 1. The number of morpholine rings is 1. The van der Waals surface area contributed by atoms with Crippen LogP contribution in [0.5, 0.6) is 0 Å². The lowest BCUT2D eigenvalue weighted by atomic mass is 9.83. The van der Waals surface area contributed by atoms with Gasteiger partial charge in [0.2, 0.25) is 11.8 Å². The van der Waals surface area contributed by atoms with Crippen LogP contribution in [0.25, 0.3) is 33.8 Å². The maximum atomic E-state index is 11.9. The summed E-state index contributed by atoms with van der Waals surface area (Å²) >= 11 is 6.54. The average molecular weight is 595 g/mol. The molecule has 11 nitrogen and oxygen atoms in total. The minimum absolute atomic E-state index is 0.165. The first-order chi connectivity index (χ1) is 20.3. The van der Waals surface area contributed by atoms with Crippen molar-refractivity contribution in [2.24, 2.45) is 11.8 Å². The summed E-state index contributed by atoms with van der Waals surface area (Å²) in [6.07, 6.45) is 8.73. The normalized spacial score (nSPS) is 21.3. The van der Waals surface area contributed by atoms with Crippen molar-refractivity contribution in [3.05, 3.63) is 33.9 Å². The zero-order valence-corrected chi connectivity index (χ0v) is 25.5. The smallest absolute Gasteiger partial charge is 0.375 e. The molecule has 0 radical (unpaired) electrons. The second-order valence-electron chi connectivity index (χ2n) is 12.0. The number of pyridine rings is 2. The van der Waals surface area contributed by atoms with Crippen LogP contribution < -0.4 is 15.6 Å². The SMILES string of the molecule is CCCC1CN(c2nc3cc(-c4noc(=O)[nH]4)nc(-c4cc(Cl)cnc4N(C)C)c3n2CC2CCC(C)CC2)CCO1. The van der Waals surface area contributed by atoms with E-state index in [0.29, 0.717) is 28.9 Å². The van der Waals surface area contributed by atoms with Gasteiger partial charge in [-0.1, -0.05) is 49.9 Å². The van der Waals surface area contributed by atoms with Gasteiger partial charge in [0, 0.05) is 45.5 Å². The molecule has 42 heavy (non-hydrogen) atoms. The van der Waals surface area contributed by atoms with Gasteiger partial charge in [-0.15, -0.1) is 0 Å². The van der Waals surface area contributed by atoms with E-state index in [1.165, 1.54) is 25.7 Å². The molecule has 1 saturated carbocycles. The van der Waals surface area contributed by atoms with E-state index in [2.05, 4.69) is 38.4 Å². The minimum Gasteiger partial charge on any atom is -0.375 e. The van der Waals surface area contributed by atoms with Gasteiger partial charge in [-0.05, 0) is 43.2 Å². The van der Waals surface area contributed by atoms with Crippen LogP contribution in [0, 0.1) is 11.8 Å². The van der Waals surface area contributed by atoms with Crippen LogP contribution in [-0.4, -0.2) is 69.6 Å². The molecule has 0 bridgehead atoms. The van der Waals surface area contributed by atoms with Gasteiger partial charge in [-0.3, -0.25) is 9.51 Å². The topological polar surface area (TPSA) is 118 Å². The van der Waals surface area contributed by atoms with E-state index in [4.69, 9.17) is 30.8 Å². The fourth-order valence-corrected chi connectivity index (χ4v) is 6.50. The molecule has 1 saturated heterocycles. The van der Waals surface area contributed by atoms with E-state index in [1.807, 2.05) is 31.1 Å². The molecule has 2 fully saturated rings. The predicted octanol–water partition coefficient (Wildman–Crippen LogP) is 5.39. The number of anilines is 2. The monoisotopic (exact) mass is 594 g/mol. The Kier molecular flexibility index (Phi) is 8.22. The molecule has 1 aliphatic carbocycles. The standard InChI is InChI=1S/C30H39ClN8O3/c1-5-6-21-17-38(11-12-41-21)29-34-23-14-24(27-35-30(40)42-36-27)33-25(22-13-20(31)15-32-28(22)37(3)4)26(23)39(29)16-19-9-7-18(2)8-10-19/h13-15,18-19,21H,5-12,16-17H2,1-4H3,(H,35,36,40). The Morgan fingerprint density at radius 3 is 2.69 bits per heavy atom. The molecule has 0 amide bonds. The number of fused-ring (bicyclic) bond motifs is 1. The molecular formula is C30H39ClN8O3. The maximum Gasteiger partial charge on any atom is 0.439 e. The molecule has 1 N–H and O–H groups in total. The Hall–Kier alpha value is -3.44. The number of nitrogens with zero attached hydrogens (tertiary/aromatic N) is 7. The highest BCUT2D eigenvalue weighted by Gasteiger charge is 2.30. The van der Waals surface area contributed by atoms with Crippen molar-refractivity contribution in [1.82, 2.24) is 29.7 Å². The molecule has 0 spiro atoms. The summed E-state index contributed by atoms with van der Waals surface area (Å²) in [6, 6.07) is 3.78. The number of aromatic amines is 1. The summed E-state index contributed by atoms with van der Waals surface area (Å²) < 4.78 is 13.3. The summed E-state index contributed by atoms with van der Waals surface area (Å²) in [4.78, 5) is 33.8.